The van der Waals surface area contributed by atoms with Crippen molar-refractivity contribution >= 4 is 0 Å². The zero-order chi connectivity index (χ0) is 9.19. The summed E-state index contributed by atoms with van der Waals surface area (Å²) in [5, 5.41) is 0. The fraction of sp³-hybridized carbons (Fsp3) is 0.727. The molecule has 0 saturated carbocycles. The van der Waals surface area contributed by atoms with Crippen LogP contribution in [-0.4, -0.2) is 31.7 Å². The minimum atomic E-state index is 0.666. The van der Waals surface area contributed by atoms with Gasteiger partial charge in [0.1, 0.15) is 6.54 Å². The van der Waals surface area contributed by atoms with Crippen LogP contribution in [0.2, 0.25) is 0 Å². The number of nitrogens with zero attached hydrogens (tertiary/aromatic N) is 1. The molecule has 1 aliphatic heterocycles. The molecule has 0 aromatic rings. The van der Waals surface area contributed by atoms with Crippen molar-refractivity contribution in [3.8, 4) is 0 Å². The van der Waals surface area contributed by atoms with Crippen molar-refractivity contribution in [1.82, 2.24) is 0 Å². The van der Waals surface area contributed by atoms with E-state index < -0.39 is 0 Å². The average Bonchev–Trinajstić information content (AvgIpc) is 2.10. The van der Waals surface area contributed by atoms with Gasteiger partial charge in [-0.05, 0) is 11.5 Å². The minimum absolute atomic E-state index is 0.666. The summed E-state index contributed by atoms with van der Waals surface area (Å²) >= 11 is 0. The first kappa shape index (κ1) is 9.57. The second-order valence-electron chi connectivity index (χ2n) is 4.62. The molecule has 0 aromatic heterocycles. The molecule has 0 bridgehead atoms. The summed E-state index contributed by atoms with van der Waals surface area (Å²) in [6.07, 6.45) is 3.41. The number of likely N-dealkylation sites (N-methyl/N-ethyl adjacent to an activating group) is 1. The molecule has 0 unspecified atom stereocenters. The van der Waals surface area contributed by atoms with Crippen molar-refractivity contribution in [2.24, 2.45) is 5.92 Å². The van der Waals surface area contributed by atoms with Gasteiger partial charge in [-0.15, -0.1) is 5.73 Å². The predicted molar refractivity (Wildman–Crippen MR) is 52.9 cm³/mol. The molecular formula is C11H20N+. The molecule has 0 radical (unpaired) electrons. The van der Waals surface area contributed by atoms with Crippen LogP contribution in [0.4, 0.5) is 0 Å². The van der Waals surface area contributed by atoms with E-state index in [4.69, 9.17) is 0 Å². The molecule has 1 heteroatoms. The van der Waals surface area contributed by atoms with Crippen LogP contribution in [0, 0.1) is 5.92 Å². The van der Waals surface area contributed by atoms with Crippen molar-refractivity contribution in [3.05, 3.63) is 17.4 Å². The fourth-order valence-electron chi connectivity index (χ4n) is 1.47. The summed E-state index contributed by atoms with van der Waals surface area (Å²) in [5.74, 6) is 0.666. The maximum Gasteiger partial charge on any atom is 0.104 e. The Balaban J connectivity index is 2.69. The van der Waals surface area contributed by atoms with E-state index >= 15 is 0 Å². The highest BCUT2D eigenvalue weighted by Gasteiger charge is 2.17. The lowest BCUT2D eigenvalue weighted by molar-refractivity contribution is -0.883. The van der Waals surface area contributed by atoms with Gasteiger partial charge in [-0.1, -0.05) is 13.8 Å². The third kappa shape index (κ3) is 2.51. The van der Waals surface area contributed by atoms with Gasteiger partial charge in [0, 0.05) is 12.5 Å². The first-order valence-electron chi connectivity index (χ1n) is 4.77. The van der Waals surface area contributed by atoms with Crippen molar-refractivity contribution in [1.29, 1.82) is 0 Å². The van der Waals surface area contributed by atoms with E-state index in [1.165, 1.54) is 18.5 Å². The largest absolute Gasteiger partial charge is 0.324 e. The Bertz CT molecular complexity index is 217. The van der Waals surface area contributed by atoms with E-state index in [1.54, 1.807) is 0 Å². The van der Waals surface area contributed by atoms with Crippen molar-refractivity contribution in [2.45, 2.75) is 20.3 Å². The third-order valence-corrected chi connectivity index (χ3v) is 2.56. The molecule has 1 heterocycles. The summed E-state index contributed by atoms with van der Waals surface area (Å²) in [6, 6.07) is 0. The van der Waals surface area contributed by atoms with E-state index in [1.807, 2.05) is 0 Å². The van der Waals surface area contributed by atoms with Crippen LogP contribution in [0.1, 0.15) is 20.3 Å². The molecule has 1 rings (SSSR count). The van der Waals surface area contributed by atoms with Crippen LogP contribution >= 0.6 is 0 Å². The van der Waals surface area contributed by atoms with Gasteiger partial charge in [-0.2, -0.15) is 0 Å². The fourth-order valence-corrected chi connectivity index (χ4v) is 1.47. The second-order valence-corrected chi connectivity index (χ2v) is 4.62. The summed E-state index contributed by atoms with van der Waals surface area (Å²) in [4.78, 5) is 0. The van der Waals surface area contributed by atoms with Gasteiger partial charge in [0.2, 0.25) is 0 Å². The van der Waals surface area contributed by atoms with Crippen LogP contribution < -0.4 is 0 Å². The zero-order valence-corrected chi connectivity index (χ0v) is 8.72. The Labute approximate surface area is 76.0 Å². The highest BCUT2D eigenvalue weighted by molar-refractivity contribution is 5.05. The van der Waals surface area contributed by atoms with Crippen LogP contribution in [0.5, 0.6) is 0 Å². The molecule has 0 spiro atoms. The van der Waals surface area contributed by atoms with Crippen LogP contribution in [0.15, 0.2) is 17.4 Å². The highest BCUT2D eigenvalue weighted by Crippen LogP contribution is 2.16. The lowest BCUT2D eigenvalue weighted by Crippen LogP contribution is -2.40. The molecular weight excluding hydrogens is 146 g/mol. The predicted octanol–water partition coefficient (Wildman–Crippen LogP) is 2.20. The molecule has 0 N–H and O–H groups in total. The molecule has 0 saturated heterocycles. The molecule has 0 amide bonds. The van der Waals surface area contributed by atoms with Crippen LogP contribution in [0.25, 0.3) is 0 Å². The topological polar surface area (TPSA) is 0 Å². The smallest absolute Gasteiger partial charge is 0.104 e. The monoisotopic (exact) mass is 166 g/mol. The maximum atomic E-state index is 3.41. The van der Waals surface area contributed by atoms with Crippen molar-refractivity contribution in [2.75, 3.05) is 27.2 Å². The quantitative estimate of drug-likeness (QED) is 0.414. The summed E-state index contributed by atoms with van der Waals surface area (Å²) < 4.78 is 1.10. The van der Waals surface area contributed by atoms with Gasteiger partial charge in [-0.25, -0.2) is 0 Å². The Kier molecular flexibility index (Phi) is 2.76. The second kappa shape index (κ2) is 3.47. The molecule has 12 heavy (non-hydrogen) atoms. The normalized spacial score (nSPS) is 22.2. The molecule has 0 aromatic carbocycles. The van der Waals surface area contributed by atoms with Crippen LogP contribution in [-0.2, 0) is 0 Å². The molecule has 0 aliphatic carbocycles. The SMILES string of the molecule is CC(C)C1=C=CC[N+](C)(C)CC1. The molecule has 1 nitrogen and oxygen atoms in total. The van der Waals surface area contributed by atoms with E-state index in [0.717, 1.165) is 11.0 Å². The van der Waals surface area contributed by atoms with Crippen molar-refractivity contribution in [3.63, 3.8) is 0 Å². The van der Waals surface area contributed by atoms with Gasteiger partial charge < -0.3 is 4.48 Å². The lowest BCUT2D eigenvalue weighted by Gasteiger charge is -2.27. The zero-order valence-electron chi connectivity index (χ0n) is 8.72. The van der Waals surface area contributed by atoms with Gasteiger partial charge in [-0.3, -0.25) is 0 Å². The number of hydrogen-bond donors (Lipinski definition) is 0. The van der Waals surface area contributed by atoms with Gasteiger partial charge >= 0.3 is 0 Å². The first-order valence-corrected chi connectivity index (χ1v) is 4.77. The Morgan fingerprint density at radius 2 is 2.08 bits per heavy atom. The molecule has 1 aliphatic rings. The summed E-state index contributed by atoms with van der Waals surface area (Å²) in [7, 11) is 4.56. The van der Waals surface area contributed by atoms with E-state index in [-0.39, 0.29) is 0 Å². The highest BCUT2D eigenvalue weighted by atomic mass is 15.3. The standard InChI is InChI=1S/C11H20N/c1-10(2)11-6-5-8-12(3,4)9-7-11/h5,10H,7-9H2,1-4H3/q+1. The van der Waals surface area contributed by atoms with Crippen LogP contribution in [0.3, 0.4) is 0 Å². The van der Waals surface area contributed by atoms with Crippen molar-refractivity contribution < 1.29 is 4.48 Å². The third-order valence-electron chi connectivity index (χ3n) is 2.56. The van der Waals surface area contributed by atoms with E-state index in [2.05, 4.69) is 39.8 Å². The van der Waals surface area contributed by atoms with E-state index in [9.17, 15) is 0 Å². The molecule has 68 valence electrons. The summed E-state index contributed by atoms with van der Waals surface area (Å²) in [5.41, 5.74) is 4.90. The maximum absolute atomic E-state index is 3.41. The lowest BCUT2D eigenvalue weighted by atomic mass is 10.0. The molecule has 0 atom stereocenters. The molecule has 0 fully saturated rings. The number of rotatable bonds is 1. The Hall–Kier alpha value is -0.520. The Morgan fingerprint density at radius 3 is 2.67 bits per heavy atom. The van der Waals surface area contributed by atoms with Gasteiger partial charge in [0.15, 0.2) is 0 Å². The number of hydrogen-bond acceptors (Lipinski definition) is 0. The minimum Gasteiger partial charge on any atom is -0.324 e. The number of quaternary nitrogens is 1. The van der Waals surface area contributed by atoms with Gasteiger partial charge in [0.05, 0.1) is 20.6 Å². The average molecular weight is 166 g/mol. The summed E-state index contributed by atoms with van der Waals surface area (Å²) in [6.45, 7) is 6.87. The first-order chi connectivity index (χ1) is 5.51. The Morgan fingerprint density at radius 1 is 1.42 bits per heavy atom. The van der Waals surface area contributed by atoms with Gasteiger partial charge in [0.25, 0.3) is 0 Å². The van der Waals surface area contributed by atoms with E-state index in [0.29, 0.717) is 5.92 Å².